The van der Waals surface area contributed by atoms with Crippen molar-refractivity contribution in [3.8, 4) is 11.8 Å². The van der Waals surface area contributed by atoms with E-state index in [0.717, 1.165) is 4.47 Å². The Hall–Kier alpha value is -1.05. The van der Waals surface area contributed by atoms with E-state index < -0.39 is 5.54 Å². The van der Waals surface area contributed by atoms with Gasteiger partial charge in [0, 0.05) is 10.0 Å². The number of ether oxygens (including phenoxy) is 1. The van der Waals surface area contributed by atoms with Crippen LogP contribution in [0.1, 0.15) is 12.5 Å². The first-order chi connectivity index (χ1) is 6.51. The van der Waals surface area contributed by atoms with Crippen LogP contribution >= 0.6 is 15.9 Å². The molecule has 1 atom stereocenters. The number of halogens is 1. The fourth-order valence-electron chi connectivity index (χ4n) is 1.15. The fourth-order valence-corrected chi connectivity index (χ4v) is 1.51. The molecule has 3 nitrogen and oxygen atoms in total. The summed E-state index contributed by atoms with van der Waals surface area (Å²) in [5.74, 6) is 0.625. The van der Waals surface area contributed by atoms with E-state index >= 15 is 0 Å². The van der Waals surface area contributed by atoms with Crippen molar-refractivity contribution in [1.29, 1.82) is 5.26 Å². The van der Waals surface area contributed by atoms with Crippen molar-refractivity contribution < 1.29 is 4.74 Å². The molecule has 0 bridgehead atoms. The summed E-state index contributed by atoms with van der Waals surface area (Å²) in [6.45, 7) is 1.65. The summed E-state index contributed by atoms with van der Waals surface area (Å²) in [5.41, 5.74) is 5.47. The van der Waals surface area contributed by atoms with Crippen LogP contribution in [0.4, 0.5) is 0 Å². The Labute approximate surface area is 91.6 Å². The van der Waals surface area contributed by atoms with Crippen molar-refractivity contribution in [2.24, 2.45) is 5.73 Å². The van der Waals surface area contributed by atoms with Gasteiger partial charge in [0.25, 0.3) is 0 Å². The van der Waals surface area contributed by atoms with Gasteiger partial charge in [-0.05, 0) is 25.1 Å². The van der Waals surface area contributed by atoms with Gasteiger partial charge in [-0.25, -0.2) is 0 Å². The molecule has 1 aromatic rings. The highest BCUT2D eigenvalue weighted by Gasteiger charge is 2.24. The lowest BCUT2D eigenvalue weighted by Crippen LogP contribution is -2.31. The molecule has 0 aliphatic rings. The van der Waals surface area contributed by atoms with Crippen LogP contribution in [0.2, 0.25) is 0 Å². The maximum atomic E-state index is 8.91. The summed E-state index contributed by atoms with van der Waals surface area (Å²) in [6, 6.07) is 7.45. The second kappa shape index (κ2) is 3.99. The summed E-state index contributed by atoms with van der Waals surface area (Å²) in [6.07, 6.45) is 0. The third-order valence-corrected chi connectivity index (χ3v) is 2.45. The summed E-state index contributed by atoms with van der Waals surface area (Å²) < 4.78 is 6.01. The number of nitrogens with zero attached hydrogens (tertiary/aromatic N) is 1. The van der Waals surface area contributed by atoms with Gasteiger partial charge in [0.2, 0.25) is 0 Å². The number of methoxy groups -OCH3 is 1. The van der Waals surface area contributed by atoms with Crippen molar-refractivity contribution in [3.63, 3.8) is 0 Å². The Balaban J connectivity index is 3.32. The Morgan fingerprint density at radius 3 is 2.71 bits per heavy atom. The molecule has 0 saturated heterocycles. The minimum atomic E-state index is -1.03. The van der Waals surface area contributed by atoms with Crippen LogP contribution in [0, 0.1) is 11.3 Å². The first kappa shape index (κ1) is 11.0. The highest BCUT2D eigenvalue weighted by atomic mass is 79.9. The average molecular weight is 255 g/mol. The topological polar surface area (TPSA) is 59.0 Å². The minimum absolute atomic E-state index is 0.625. The predicted molar refractivity (Wildman–Crippen MR) is 57.8 cm³/mol. The molecule has 0 heterocycles. The number of nitriles is 1. The molecule has 74 valence electrons. The van der Waals surface area contributed by atoms with E-state index in [9.17, 15) is 0 Å². The molecule has 0 unspecified atom stereocenters. The molecule has 0 saturated carbocycles. The zero-order chi connectivity index (χ0) is 10.8. The quantitative estimate of drug-likeness (QED) is 0.880. The molecule has 2 N–H and O–H groups in total. The SMILES string of the molecule is COc1ccc(Br)cc1[C@@](C)(N)C#N. The van der Waals surface area contributed by atoms with Crippen LogP contribution in [0.5, 0.6) is 5.75 Å². The standard InChI is InChI=1S/C10H11BrN2O/c1-10(13,6-12)8-5-7(11)3-4-9(8)14-2/h3-5H,13H2,1-2H3/t10-/m0/s1. The van der Waals surface area contributed by atoms with Gasteiger partial charge in [0.1, 0.15) is 11.3 Å². The van der Waals surface area contributed by atoms with Crippen molar-refractivity contribution in [2.45, 2.75) is 12.5 Å². The summed E-state index contributed by atoms with van der Waals surface area (Å²) >= 11 is 3.33. The Morgan fingerprint density at radius 1 is 1.57 bits per heavy atom. The molecule has 0 fully saturated rings. The monoisotopic (exact) mass is 254 g/mol. The maximum Gasteiger partial charge on any atom is 0.130 e. The third-order valence-electron chi connectivity index (χ3n) is 1.95. The molecule has 0 spiro atoms. The van der Waals surface area contributed by atoms with E-state index in [1.807, 2.05) is 12.1 Å². The Bertz CT molecular complexity index is 382. The van der Waals surface area contributed by atoms with Gasteiger partial charge in [-0.2, -0.15) is 5.26 Å². The number of hydrogen-bond acceptors (Lipinski definition) is 3. The van der Waals surface area contributed by atoms with Crippen molar-refractivity contribution in [1.82, 2.24) is 0 Å². The van der Waals surface area contributed by atoms with Crippen LogP contribution < -0.4 is 10.5 Å². The zero-order valence-corrected chi connectivity index (χ0v) is 9.63. The lowest BCUT2D eigenvalue weighted by molar-refractivity contribution is 0.401. The normalized spacial score (nSPS) is 14.2. The average Bonchev–Trinajstić information content (AvgIpc) is 2.18. The second-order valence-electron chi connectivity index (χ2n) is 3.16. The Morgan fingerprint density at radius 2 is 2.21 bits per heavy atom. The van der Waals surface area contributed by atoms with Gasteiger partial charge in [0.05, 0.1) is 13.2 Å². The molecule has 0 aliphatic carbocycles. The molecule has 4 heteroatoms. The van der Waals surface area contributed by atoms with E-state index in [-0.39, 0.29) is 0 Å². The largest absolute Gasteiger partial charge is 0.496 e. The molecular formula is C10H11BrN2O. The summed E-state index contributed by atoms with van der Waals surface area (Å²) in [7, 11) is 1.56. The summed E-state index contributed by atoms with van der Waals surface area (Å²) in [5, 5.41) is 8.91. The predicted octanol–water partition coefficient (Wildman–Crippen LogP) is 2.16. The van der Waals surface area contributed by atoms with E-state index in [0.29, 0.717) is 11.3 Å². The zero-order valence-electron chi connectivity index (χ0n) is 8.04. The van der Waals surface area contributed by atoms with Crippen molar-refractivity contribution >= 4 is 15.9 Å². The van der Waals surface area contributed by atoms with Gasteiger partial charge in [-0.3, -0.25) is 0 Å². The smallest absolute Gasteiger partial charge is 0.130 e. The number of rotatable bonds is 2. The molecule has 0 aliphatic heterocycles. The number of nitrogens with two attached hydrogens (primary N) is 1. The first-order valence-corrected chi connectivity index (χ1v) is 4.84. The van der Waals surface area contributed by atoms with Crippen LogP contribution in [0.25, 0.3) is 0 Å². The maximum absolute atomic E-state index is 8.91. The van der Waals surface area contributed by atoms with Gasteiger partial charge >= 0.3 is 0 Å². The number of benzene rings is 1. The summed E-state index contributed by atoms with van der Waals surface area (Å²) in [4.78, 5) is 0. The van der Waals surface area contributed by atoms with Crippen LogP contribution in [0.15, 0.2) is 22.7 Å². The van der Waals surface area contributed by atoms with Gasteiger partial charge in [-0.15, -0.1) is 0 Å². The van der Waals surface area contributed by atoms with E-state index in [2.05, 4.69) is 15.9 Å². The van der Waals surface area contributed by atoms with Crippen LogP contribution in [-0.2, 0) is 5.54 Å². The molecule has 1 aromatic carbocycles. The third kappa shape index (κ3) is 2.06. The molecule has 14 heavy (non-hydrogen) atoms. The minimum Gasteiger partial charge on any atom is -0.496 e. The van der Waals surface area contributed by atoms with E-state index in [1.54, 1.807) is 26.2 Å². The van der Waals surface area contributed by atoms with Crippen molar-refractivity contribution in [2.75, 3.05) is 7.11 Å². The lowest BCUT2D eigenvalue weighted by Gasteiger charge is -2.19. The van der Waals surface area contributed by atoms with Crippen molar-refractivity contribution in [3.05, 3.63) is 28.2 Å². The fraction of sp³-hybridized carbons (Fsp3) is 0.300. The van der Waals surface area contributed by atoms with E-state index in [4.69, 9.17) is 15.7 Å². The first-order valence-electron chi connectivity index (χ1n) is 4.05. The van der Waals surface area contributed by atoms with Gasteiger partial charge in [-0.1, -0.05) is 15.9 Å². The van der Waals surface area contributed by atoms with Crippen LogP contribution in [0.3, 0.4) is 0 Å². The highest BCUT2D eigenvalue weighted by molar-refractivity contribution is 9.10. The number of hydrogen-bond donors (Lipinski definition) is 1. The molecular weight excluding hydrogens is 244 g/mol. The molecule has 1 rings (SSSR count). The van der Waals surface area contributed by atoms with Gasteiger partial charge in [0.15, 0.2) is 0 Å². The second-order valence-corrected chi connectivity index (χ2v) is 4.07. The highest BCUT2D eigenvalue weighted by Crippen LogP contribution is 2.30. The van der Waals surface area contributed by atoms with Gasteiger partial charge < -0.3 is 10.5 Å². The molecule has 0 aromatic heterocycles. The van der Waals surface area contributed by atoms with Crippen LogP contribution in [-0.4, -0.2) is 7.11 Å². The van der Waals surface area contributed by atoms with E-state index in [1.165, 1.54) is 0 Å². The molecule has 0 amide bonds. The lowest BCUT2D eigenvalue weighted by atomic mass is 9.94. The Kier molecular flexibility index (Phi) is 3.14. The molecule has 0 radical (unpaired) electrons.